The molecule has 0 aliphatic rings. The van der Waals surface area contributed by atoms with E-state index in [9.17, 15) is 4.79 Å². The first-order valence-corrected chi connectivity index (χ1v) is 6.33. The average molecular weight is 301 g/mol. The lowest BCUT2D eigenvalue weighted by atomic mass is 10.3. The van der Waals surface area contributed by atoms with Gasteiger partial charge in [-0.05, 0) is 36.0 Å². The van der Waals surface area contributed by atoms with Gasteiger partial charge in [-0.2, -0.15) is 0 Å². The van der Waals surface area contributed by atoms with Crippen LogP contribution in [0.1, 0.15) is 10.4 Å². The molecule has 18 heavy (non-hydrogen) atoms. The maximum absolute atomic E-state index is 10.9. The summed E-state index contributed by atoms with van der Waals surface area (Å²) >= 11 is 12.9. The summed E-state index contributed by atoms with van der Waals surface area (Å²) in [5, 5.41) is 10.5. The Morgan fingerprint density at radius 1 is 1.33 bits per heavy atom. The SMILES string of the molecule is O=C(O)c1cc(Cl)nc(Sc2ncccc2Cl)c1. The number of hydrogen-bond donors (Lipinski definition) is 1. The fraction of sp³-hybridized carbons (Fsp3) is 0. The Balaban J connectivity index is 2.35. The van der Waals surface area contributed by atoms with Crippen molar-refractivity contribution in [2.24, 2.45) is 0 Å². The standard InChI is InChI=1S/C11H6Cl2N2O2S/c12-7-2-1-3-14-10(7)18-9-5-6(11(16)17)4-8(13)15-9/h1-5H,(H,16,17). The number of hydrogen-bond acceptors (Lipinski definition) is 4. The number of rotatable bonds is 3. The van der Waals surface area contributed by atoms with Gasteiger partial charge in [0, 0.05) is 6.20 Å². The Labute approximate surface area is 117 Å². The van der Waals surface area contributed by atoms with Crippen molar-refractivity contribution in [2.45, 2.75) is 10.1 Å². The van der Waals surface area contributed by atoms with E-state index >= 15 is 0 Å². The largest absolute Gasteiger partial charge is 0.478 e. The maximum atomic E-state index is 10.9. The average Bonchev–Trinajstić information content (AvgIpc) is 2.31. The molecular formula is C11H6Cl2N2O2S. The van der Waals surface area contributed by atoms with E-state index in [0.717, 1.165) is 11.8 Å². The lowest BCUT2D eigenvalue weighted by Gasteiger charge is -2.03. The van der Waals surface area contributed by atoms with E-state index in [-0.39, 0.29) is 10.7 Å². The second kappa shape index (κ2) is 5.56. The van der Waals surface area contributed by atoms with Gasteiger partial charge in [-0.1, -0.05) is 23.2 Å². The summed E-state index contributed by atoms with van der Waals surface area (Å²) in [4.78, 5) is 19.0. The maximum Gasteiger partial charge on any atom is 0.335 e. The third kappa shape index (κ3) is 3.13. The van der Waals surface area contributed by atoms with Crippen molar-refractivity contribution in [3.05, 3.63) is 46.2 Å². The number of pyridine rings is 2. The molecular weight excluding hydrogens is 295 g/mol. The second-order valence-corrected chi connectivity index (χ2v) is 5.02. The zero-order valence-electron chi connectivity index (χ0n) is 8.80. The first-order chi connectivity index (χ1) is 8.56. The Morgan fingerprint density at radius 3 is 2.78 bits per heavy atom. The van der Waals surface area contributed by atoms with E-state index in [1.165, 1.54) is 12.1 Å². The van der Waals surface area contributed by atoms with Crippen molar-refractivity contribution >= 4 is 40.9 Å². The van der Waals surface area contributed by atoms with Gasteiger partial charge in [0.1, 0.15) is 15.2 Å². The van der Waals surface area contributed by atoms with Crippen LogP contribution in [0.25, 0.3) is 0 Å². The molecule has 0 aliphatic heterocycles. The van der Waals surface area contributed by atoms with E-state index in [1.807, 2.05) is 0 Å². The highest BCUT2D eigenvalue weighted by Gasteiger charge is 2.10. The van der Waals surface area contributed by atoms with Gasteiger partial charge in [0.2, 0.25) is 0 Å². The number of aromatic nitrogens is 2. The van der Waals surface area contributed by atoms with Crippen molar-refractivity contribution in [1.29, 1.82) is 0 Å². The molecule has 0 saturated heterocycles. The number of halogens is 2. The molecule has 4 nitrogen and oxygen atoms in total. The van der Waals surface area contributed by atoms with Gasteiger partial charge in [0.15, 0.2) is 0 Å². The highest BCUT2D eigenvalue weighted by molar-refractivity contribution is 7.99. The lowest BCUT2D eigenvalue weighted by Crippen LogP contribution is -1.97. The molecule has 92 valence electrons. The third-order valence-electron chi connectivity index (χ3n) is 1.94. The van der Waals surface area contributed by atoms with E-state index in [0.29, 0.717) is 15.1 Å². The van der Waals surface area contributed by atoms with Crippen molar-refractivity contribution < 1.29 is 9.90 Å². The molecule has 0 aromatic carbocycles. The Hall–Kier alpha value is -1.30. The minimum absolute atomic E-state index is 0.0737. The number of carboxylic acid groups (broad SMARTS) is 1. The van der Waals surface area contributed by atoms with Crippen LogP contribution in [0, 0.1) is 0 Å². The molecule has 0 unspecified atom stereocenters. The van der Waals surface area contributed by atoms with Crippen LogP contribution in [0.2, 0.25) is 10.2 Å². The van der Waals surface area contributed by atoms with Crippen molar-refractivity contribution in [1.82, 2.24) is 9.97 Å². The molecule has 7 heteroatoms. The van der Waals surface area contributed by atoms with Crippen LogP contribution in [0.3, 0.4) is 0 Å². The smallest absolute Gasteiger partial charge is 0.335 e. The summed E-state index contributed by atoms with van der Waals surface area (Å²) in [5.74, 6) is -1.06. The van der Waals surface area contributed by atoms with Gasteiger partial charge in [0.25, 0.3) is 0 Å². The summed E-state index contributed by atoms with van der Waals surface area (Å²) in [6.45, 7) is 0. The summed E-state index contributed by atoms with van der Waals surface area (Å²) in [6, 6.07) is 6.11. The molecule has 0 aliphatic carbocycles. The minimum atomic E-state index is -1.06. The number of carbonyl (C=O) groups is 1. The molecule has 2 heterocycles. The Morgan fingerprint density at radius 2 is 2.11 bits per heavy atom. The van der Waals surface area contributed by atoms with Gasteiger partial charge >= 0.3 is 5.97 Å². The first kappa shape index (κ1) is 13.1. The van der Waals surface area contributed by atoms with E-state index in [1.54, 1.807) is 18.3 Å². The fourth-order valence-corrected chi connectivity index (χ4v) is 2.50. The normalized spacial score (nSPS) is 10.3. The zero-order chi connectivity index (χ0) is 13.1. The predicted octanol–water partition coefficient (Wildman–Crippen LogP) is 3.63. The monoisotopic (exact) mass is 300 g/mol. The molecule has 0 fully saturated rings. The lowest BCUT2D eigenvalue weighted by molar-refractivity contribution is 0.0696. The Bertz CT molecular complexity index is 607. The van der Waals surface area contributed by atoms with E-state index in [2.05, 4.69) is 9.97 Å². The summed E-state index contributed by atoms with van der Waals surface area (Å²) in [5.41, 5.74) is 0.0737. The molecule has 0 radical (unpaired) electrons. The second-order valence-electron chi connectivity index (χ2n) is 3.21. The Kier molecular flexibility index (Phi) is 4.06. The predicted molar refractivity (Wildman–Crippen MR) is 69.6 cm³/mol. The number of carboxylic acids is 1. The molecule has 0 atom stereocenters. The minimum Gasteiger partial charge on any atom is -0.478 e. The molecule has 0 bridgehead atoms. The molecule has 0 saturated carbocycles. The fourth-order valence-electron chi connectivity index (χ4n) is 1.19. The van der Waals surface area contributed by atoms with Crippen molar-refractivity contribution in [3.8, 4) is 0 Å². The van der Waals surface area contributed by atoms with Crippen molar-refractivity contribution in [2.75, 3.05) is 0 Å². The topological polar surface area (TPSA) is 63.1 Å². The summed E-state index contributed by atoms with van der Waals surface area (Å²) in [6.07, 6.45) is 1.59. The van der Waals surface area contributed by atoms with Gasteiger partial charge in [-0.15, -0.1) is 0 Å². The zero-order valence-corrected chi connectivity index (χ0v) is 11.1. The molecule has 0 spiro atoms. The van der Waals surface area contributed by atoms with Crippen LogP contribution >= 0.6 is 35.0 Å². The van der Waals surface area contributed by atoms with Crippen LogP contribution in [-0.4, -0.2) is 21.0 Å². The first-order valence-electron chi connectivity index (χ1n) is 4.75. The van der Waals surface area contributed by atoms with Gasteiger partial charge < -0.3 is 5.11 Å². The summed E-state index contributed by atoms with van der Waals surface area (Å²) in [7, 11) is 0. The van der Waals surface area contributed by atoms with Gasteiger partial charge in [0.05, 0.1) is 10.6 Å². The number of aromatic carboxylic acids is 1. The van der Waals surface area contributed by atoms with Gasteiger partial charge in [-0.3, -0.25) is 0 Å². The molecule has 0 amide bonds. The quantitative estimate of drug-likeness (QED) is 0.877. The molecule has 2 rings (SSSR count). The highest BCUT2D eigenvalue weighted by atomic mass is 35.5. The highest BCUT2D eigenvalue weighted by Crippen LogP contribution is 2.31. The third-order valence-corrected chi connectivity index (χ3v) is 3.49. The van der Waals surface area contributed by atoms with E-state index < -0.39 is 5.97 Å². The summed E-state index contributed by atoms with van der Waals surface area (Å²) < 4.78 is 0. The molecule has 1 N–H and O–H groups in total. The van der Waals surface area contributed by atoms with Crippen LogP contribution in [0.15, 0.2) is 40.5 Å². The van der Waals surface area contributed by atoms with Crippen LogP contribution in [0.4, 0.5) is 0 Å². The van der Waals surface area contributed by atoms with E-state index in [4.69, 9.17) is 28.3 Å². The van der Waals surface area contributed by atoms with Crippen LogP contribution < -0.4 is 0 Å². The molecule has 2 aromatic heterocycles. The number of nitrogens with zero attached hydrogens (tertiary/aromatic N) is 2. The van der Waals surface area contributed by atoms with Crippen LogP contribution in [0.5, 0.6) is 0 Å². The van der Waals surface area contributed by atoms with Crippen molar-refractivity contribution in [3.63, 3.8) is 0 Å². The molecule has 2 aromatic rings. The van der Waals surface area contributed by atoms with Gasteiger partial charge in [-0.25, -0.2) is 14.8 Å². The van der Waals surface area contributed by atoms with Crippen LogP contribution in [-0.2, 0) is 0 Å².